The van der Waals surface area contributed by atoms with Gasteiger partial charge < -0.3 is 10.2 Å². The van der Waals surface area contributed by atoms with Crippen LogP contribution in [0.4, 0.5) is 5.82 Å². The molecule has 112 valence electrons. The van der Waals surface area contributed by atoms with Gasteiger partial charge in [-0.05, 0) is 36.7 Å². The quantitative estimate of drug-likeness (QED) is 0.880. The van der Waals surface area contributed by atoms with Crippen LogP contribution in [-0.4, -0.2) is 18.6 Å². The van der Waals surface area contributed by atoms with E-state index in [1.807, 2.05) is 31.3 Å². The highest BCUT2D eigenvalue weighted by atomic mass is 35.5. The Labute approximate surface area is 132 Å². The summed E-state index contributed by atoms with van der Waals surface area (Å²) < 4.78 is 0. The Kier molecular flexibility index (Phi) is 5.59. The van der Waals surface area contributed by atoms with E-state index in [9.17, 15) is 0 Å². The molecule has 4 heteroatoms. The average molecular weight is 304 g/mol. The van der Waals surface area contributed by atoms with Crippen molar-refractivity contribution in [1.82, 2.24) is 10.3 Å². The maximum Gasteiger partial charge on any atom is 0.128 e. The number of halogens is 1. The van der Waals surface area contributed by atoms with Crippen molar-refractivity contribution in [1.29, 1.82) is 0 Å². The van der Waals surface area contributed by atoms with Crippen molar-refractivity contribution in [3.05, 3.63) is 58.2 Å². The van der Waals surface area contributed by atoms with Gasteiger partial charge in [-0.2, -0.15) is 0 Å². The third kappa shape index (κ3) is 4.19. The highest BCUT2D eigenvalue weighted by Crippen LogP contribution is 2.20. The molecule has 2 aromatic rings. The zero-order valence-electron chi connectivity index (χ0n) is 12.9. The van der Waals surface area contributed by atoms with Crippen molar-refractivity contribution in [2.75, 3.05) is 18.5 Å². The van der Waals surface area contributed by atoms with Gasteiger partial charge in [-0.1, -0.05) is 42.8 Å². The van der Waals surface area contributed by atoms with Crippen LogP contribution in [0.1, 0.15) is 23.7 Å². The fraction of sp³-hybridized carbons (Fsp3) is 0.353. The normalized spacial score (nSPS) is 10.7. The number of rotatable bonds is 6. The lowest BCUT2D eigenvalue weighted by Gasteiger charge is -2.20. The minimum Gasteiger partial charge on any atom is -0.355 e. The van der Waals surface area contributed by atoms with Crippen LogP contribution >= 0.6 is 11.6 Å². The van der Waals surface area contributed by atoms with Crippen molar-refractivity contribution in [3.63, 3.8) is 0 Å². The minimum atomic E-state index is 0.749. The maximum atomic E-state index is 6.21. The lowest BCUT2D eigenvalue weighted by Crippen LogP contribution is -2.19. The second-order valence-corrected chi connectivity index (χ2v) is 5.55. The highest BCUT2D eigenvalue weighted by Gasteiger charge is 2.08. The molecule has 3 nitrogen and oxygen atoms in total. The topological polar surface area (TPSA) is 28.2 Å². The lowest BCUT2D eigenvalue weighted by atomic mass is 10.2. The smallest absolute Gasteiger partial charge is 0.128 e. The number of nitrogens with one attached hydrogen (secondary N) is 1. The maximum absolute atomic E-state index is 6.21. The van der Waals surface area contributed by atoms with Crippen molar-refractivity contribution in [3.8, 4) is 0 Å². The van der Waals surface area contributed by atoms with Crippen molar-refractivity contribution in [2.24, 2.45) is 0 Å². The number of benzene rings is 1. The third-order valence-corrected chi connectivity index (χ3v) is 3.87. The predicted molar refractivity (Wildman–Crippen MR) is 89.9 cm³/mol. The summed E-state index contributed by atoms with van der Waals surface area (Å²) in [4.78, 5) is 6.81. The van der Waals surface area contributed by atoms with Crippen molar-refractivity contribution < 1.29 is 0 Å². The van der Waals surface area contributed by atoms with E-state index in [1.165, 1.54) is 5.56 Å². The van der Waals surface area contributed by atoms with Gasteiger partial charge in [0, 0.05) is 30.9 Å². The van der Waals surface area contributed by atoms with Gasteiger partial charge in [-0.15, -0.1) is 0 Å². The predicted octanol–water partition coefficient (Wildman–Crippen LogP) is 3.79. The summed E-state index contributed by atoms with van der Waals surface area (Å²) in [6.45, 7) is 6.74. The molecule has 1 aromatic heterocycles. The van der Waals surface area contributed by atoms with Crippen LogP contribution in [0.15, 0.2) is 36.4 Å². The first-order chi connectivity index (χ1) is 10.1. The Morgan fingerprint density at radius 3 is 2.57 bits per heavy atom. The zero-order chi connectivity index (χ0) is 15.2. The molecular weight excluding hydrogens is 282 g/mol. The number of anilines is 1. The van der Waals surface area contributed by atoms with Crippen molar-refractivity contribution in [2.45, 2.75) is 26.9 Å². The Hall–Kier alpha value is -1.58. The number of hydrogen-bond donors (Lipinski definition) is 1. The summed E-state index contributed by atoms with van der Waals surface area (Å²) in [6, 6.07) is 12.1. The van der Waals surface area contributed by atoms with Crippen LogP contribution < -0.4 is 10.2 Å². The van der Waals surface area contributed by atoms with Crippen LogP contribution in [0.25, 0.3) is 0 Å². The zero-order valence-corrected chi connectivity index (χ0v) is 13.6. The molecule has 0 aliphatic rings. The van der Waals surface area contributed by atoms with Gasteiger partial charge in [0.2, 0.25) is 0 Å². The SMILES string of the molecule is CCNCc1ccc(N(C)Cc2ccccc2Cl)nc1C. The Morgan fingerprint density at radius 2 is 1.90 bits per heavy atom. The Morgan fingerprint density at radius 1 is 1.14 bits per heavy atom. The Bertz CT molecular complexity index is 598. The number of hydrogen-bond acceptors (Lipinski definition) is 3. The third-order valence-electron chi connectivity index (χ3n) is 3.50. The van der Waals surface area contributed by atoms with Crippen LogP contribution in [0.5, 0.6) is 0 Å². The molecule has 0 bridgehead atoms. The summed E-state index contributed by atoms with van der Waals surface area (Å²) in [5.41, 5.74) is 3.42. The van der Waals surface area contributed by atoms with Gasteiger partial charge in [-0.25, -0.2) is 4.98 Å². The molecule has 1 heterocycles. The summed E-state index contributed by atoms with van der Waals surface area (Å²) in [5.74, 6) is 0.965. The monoisotopic (exact) mass is 303 g/mol. The molecular formula is C17H22ClN3. The molecule has 0 unspecified atom stereocenters. The van der Waals surface area contributed by atoms with E-state index in [1.54, 1.807) is 0 Å². The molecule has 0 aliphatic carbocycles. The number of aryl methyl sites for hydroxylation is 1. The molecule has 0 aliphatic heterocycles. The van der Waals surface area contributed by atoms with Gasteiger partial charge in [0.25, 0.3) is 0 Å². The van der Waals surface area contributed by atoms with E-state index in [0.29, 0.717) is 0 Å². The second-order valence-electron chi connectivity index (χ2n) is 5.14. The largest absolute Gasteiger partial charge is 0.355 e. The molecule has 0 radical (unpaired) electrons. The summed E-state index contributed by atoms with van der Waals surface area (Å²) in [6.07, 6.45) is 0. The molecule has 21 heavy (non-hydrogen) atoms. The van der Waals surface area contributed by atoms with E-state index in [-0.39, 0.29) is 0 Å². The summed E-state index contributed by atoms with van der Waals surface area (Å²) in [5, 5.41) is 4.13. The summed E-state index contributed by atoms with van der Waals surface area (Å²) in [7, 11) is 2.04. The van der Waals surface area contributed by atoms with Crippen LogP contribution in [0, 0.1) is 6.92 Å². The van der Waals surface area contributed by atoms with Gasteiger partial charge in [-0.3, -0.25) is 0 Å². The van der Waals surface area contributed by atoms with Crippen LogP contribution in [0.3, 0.4) is 0 Å². The molecule has 1 aromatic carbocycles. The fourth-order valence-corrected chi connectivity index (χ4v) is 2.39. The van der Waals surface area contributed by atoms with E-state index in [0.717, 1.165) is 41.7 Å². The molecule has 0 saturated carbocycles. The highest BCUT2D eigenvalue weighted by molar-refractivity contribution is 6.31. The minimum absolute atomic E-state index is 0.749. The molecule has 0 saturated heterocycles. The van der Waals surface area contributed by atoms with Gasteiger partial charge in [0.15, 0.2) is 0 Å². The molecule has 2 rings (SSSR count). The molecule has 0 fully saturated rings. The Balaban J connectivity index is 2.11. The number of pyridine rings is 1. The lowest BCUT2D eigenvalue weighted by molar-refractivity contribution is 0.719. The molecule has 0 atom stereocenters. The second kappa shape index (κ2) is 7.43. The molecule has 1 N–H and O–H groups in total. The van der Waals surface area contributed by atoms with E-state index in [4.69, 9.17) is 16.6 Å². The van der Waals surface area contributed by atoms with E-state index in [2.05, 4.69) is 36.2 Å². The first-order valence-electron chi connectivity index (χ1n) is 7.23. The van der Waals surface area contributed by atoms with Crippen molar-refractivity contribution >= 4 is 17.4 Å². The standard InChI is InChI=1S/C17H22ClN3/c1-4-19-11-14-9-10-17(20-13(14)2)21(3)12-15-7-5-6-8-16(15)18/h5-10,19H,4,11-12H2,1-3H3. The van der Waals surface area contributed by atoms with Gasteiger partial charge in [0.1, 0.15) is 5.82 Å². The van der Waals surface area contributed by atoms with Gasteiger partial charge in [0.05, 0.1) is 0 Å². The van der Waals surface area contributed by atoms with Gasteiger partial charge >= 0.3 is 0 Å². The first kappa shape index (κ1) is 15.8. The first-order valence-corrected chi connectivity index (χ1v) is 7.61. The molecule has 0 amide bonds. The average Bonchev–Trinajstić information content (AvgIpc) is 2.48. The number of aromatic nitrogens is 1. The number of nitrogens with zero attached hydrogens (tertiary/aromatic N) is 2. The molecule has 0 spiro atoms. The van der Waals surface area contributed by atoms with E-state index < -0.39 is 0 Å². The van der Waals surface area contributed by atoms with Crippen LogP contribution in [-0.2, 0) is 13.1 Å². The van der Waals surface area contributed by atoms with Crippen LogP contribution in [0.2, 0.25) is 5.02 Å². The summed E-state index contributed by atoms with van der Waals surface area (Å²) >= 11 is 6.21. The fourth-order valence-electron chi connectivity index (χ4n) is 2.20. The van der Waals surface area contributed by atoms with E-state index >= 15 is 0 Å².